The van der Waals surface area contributed by atoms with E-state index in [1.165, 1.54) is 23.3 Å². The lowest BCUT2D eigenvalue weighted by atomic mass is 10.1. The van der Waals surface area contributed by atoms with Crippen LogP contribution < -0.4 is 0 Å². The van der Waals surface area contributed by atoms with Crippen LogP contribution in [0.4, 0.5) is 4.39 Å². The molecule has 0 amide bonds. The SMILES string of the molecule is C=CCOC(=O)Cc1c(-c2ccc(F)cc2)nc2cc3c(cn12)CCC3. The van der Waals surface area contributed by atoms with Crippen LogP contribution in [0.3, 0.4) is 0 Å². The molecular formula is C21H19FN2O2. The number of carbonyl (C=O) groups is 1. The van der Waals surface area contributed by atoms with Crippen molar-refractivity contribution in [1.29, 1.82) is 0 Å². The summed E-state index contributed by atoms with van der Waals surface area (Å²) in [4.78, 5) is 16.9. The molecule has 0 saturated heterocycles. The predicted molar refractivity (Wildman–Crippen MR) is 97.5 cm³/mol. The van der Waals surface area contributed by atoms with Crippen molar-refractivity contribution in [3.8, 4) is 11.3 Å². The number of pyridine rings is 1. The fraction of sp³-hybridized carbons (Fsp3) is 0.238. The highest BCUT2D eigenvalue weighted by Gasteiger charge is 2.20. The van der Waals surface area contributed by atoms with Gasteiger partial charge in [-0.1, -0.05) is 12.7 Å². The number of hydrogen-bond donors (Lipinski definition) is 0. The van der Waals surface area contributed by atoms with Crippen LogP contribution in [-0.4, -0.2) is 22.0 Å². The van der Waals surface area contributed by atoms with E-state index >= 15 is 0 Å². The number of carbonyl (C=O) groups excluding carboxylic acids is 1. The second-order valence-electron chi connectivity index (χ2n) is 6.47. The van der Waals surface area contributed by atoms with Crippen molar-refractivity contribution >= 4 is 11.6 Å². The summed E-state index contributed by atoms with van der Waals surface area (Å²) in [5.74, 6) is -0.640. The number of ether oxygens (including phenoxy) is 1. The standard InChI is InChI=1S/C21H19FN2O2/c1-2-10-26-20(25)12-18-21(14-6-8-17(22)9-7-14)23-19-11-15-4-3-5-16(15)13-24(18)19/h2,6-9,11,13H,1,3-5,10,12H2. The average Bonchev–Trinajstić information content (AvgIpc) is 3.23. The molecule has 1 aliphatic carbocycles. The molecule has 0 unspecified atom stereocenters. The van der Waals surface area contributed by atoms with Crippen LogP contribution in [0.2, 0.25) is 0 Å². The summed E-state index contributed by atoms with van der Waals surface area (Å²) in [5, 5.41) is 0. The first kappa shape index (κ1) is 16.5. The highest BCUT2D eigenvalue weighted by molar-refractivity contribution is 5.77. The Morgan fingerprint density at radius 1 is 1.27 bits per heavy atom. The number of halogens is 1. The smallest absolute Gasteiger partial charge is 0.312 e. The van der Waals surface area contributed by atoms with Gasteiger partial charge >= 0.3 is 5.97 Å². The summed E-state index contributed by atoms with van der Waals surface area (Å²) in [7, 11) is 0. The topological polar surface area (TPSA) is 43.6 Å². The number of rotatable bonds is 5. The van der Waals surface area contributed by atoms with E-state index in [4.69, 9.17) is 9.72 Å². The Balaban J connectivity index is 1.83. The Bertz CT molecular complexity index is 989. The van der Waals surface area contributed by atoms with Gasteiger partial charge in [0.2, 0.25) is 0 Å². The molecule has 3 aromatic rings. The fourth-order valence-electron chi connectivity index (χ4n) is 3.49. The zero-order chi connectivity index (χ0) is 18.1. The molecule has 4 nitrogen and oxygen atoms in total. The molecule has 5 heteroatoms. The van der Waals surface area contributed by atoms with Crippen LogP contribution in [0.25, 0.3) is 16.9 Å². The van der Waals surface area contributed by atoms with E-state index in [1.54, 1.807) is 18.2 Å². The monoisotopic (exact) mass is 350 g/mol. The normalized spacial score (nSPS) is 13.0. The van der Waals surface area contributed by atoms with Gasteiger partial charge in [-0.05, 0) is 60.7 Å². The molecule has 0 spiro atoms. The number of benzene rings is 1. The Kier molecular flexibility index (Phi) is 4.29. The van der Waals surface area contributed by atoms with Gasteiger partial charge in [-0.15, -0.1) is 0 Å². The van der Waals surface area contributed by atoms with Crippen LogP contribution in [-0.2, 0) is 28.8 Å². The third kappa shape index (κ3) is 3.01. The molecule has 26 heavy (non-hydrogen) atoms. The van der Waals surface area contributed by atoms with Crippen molar-refractivity contribution in [2.75, 3.05) is 6.61 Å². The van der Waals surface area contributed by atoms with Crippen LogP contribution >= 0.6 is 0 Å². The molecule has 0 radical (unpaired) electrons. The summed E-state index contributed by atoms with van der Waals surface area (Å²) in [5.41, 5.74) is 5.63. The Hall–Kier alpha value is -2.95. The minimum atomic E-state index is -0.337. The van der Waals surface area contributed by atoms with E-state index in [0.29, 0.717) is 5.69 Å². The average molecular weight is 350 g/mol. The van der Waals surface area contributed by atoms with Gasteiger partial charge in [-0.3, -0.25) is 4.79 Å². The van der Waals surface area contributed by atoms with Crippen LogP contribution in [0, 0.1) is 5.82 Å². The predicted octanol–water partition coefficient (Wildman–Crippen LogP) is 3.90. The van der Waals surface area contributed by atoms with Crippen LogP contribution in [0.5, 0.6) is 0 Å². The first-order valence-electron chi connectivity index (χ1n) is 8.71. The number of nitrogens with zero attached hydrogens (tertiary/aromatic N) is 2. The van der Waals surface area contributed by atoms with Crippen molar-refractivity contribution in [3.63, 3.8) is 0 Å². The molecule has 0 fully saturated rings. The van der Waals surface area contributed by atoms with E-state index in [9.17, 15) is 9.18 Å². The number of fused-ring (bicyclic) bond motifs is 2. The van der Waals surface area contributed by atoms with Crippen molar-refractivity contribution in [2.24, 2.45) is 0 Å². The summed E-state index contributed by atoms with van der Waals surface area (Å²) < 4.78 is 20.4. The maximum absolute atomic E-state index is 13.3. The Morgan fingerprint density at radius 2 is 2.04 bits per heavy atom. The summed E-state index contributed by atoms with van der Waals surface area (Å²) in [6, 6.07) is 8.26. The maximum Gasteiger partial charge on any atom is 0.312 e. The largest absolute Gasteiger partial charge is 0.461 e. The van der Waals surface area contributed by atoms with E-state index < -0.39 is 0 Å². The Labute approximate surface area is 150 Å². The second-order valence-corrected chi connectivity index (χ2v) is 6.47. The maximum atomic E-state index is 13.3. The van der Waals surface area contributed by atoms with E-state index in [1.807, 2.05) is 4.40 Å². The highest BCUT2D eigenvalue weighted by Crippen LogP contribution is 2.29. The lowest BCUT2D eigenvalue weighted by Crippen LogP contribution is -2.10. The van der Waals surface area contributed by atoms with Crippen LogP contribution in [0.15, 0.2) is 49.2 Å². The summed E-state index contributed by atoms with van der Waals surface area (Å²) in [6.07, 6.45) is 6.95. The molecule has 0 saturated carbocycles. The van der Waals surface area contributed by atoms with E-state index in [2.05, 4.69) is 18.8 Å². The number of aromatic nitrogens is 2. The molecule has 2 heterocycles. The fourth-order valence-corrected chi connectivity index (χ4v) is 3.49. The van der Waals surface area contributed by atoms with E-state index in [-0.39, 0.29) is 24.8 Å². The first-order valence-corrected chi connectivity index (χ1v) is 8.71. The zero-order valence-electron chi connectivity index (χ0n) is 14.4. The zero-order valence-corrected chi connectivity index (χ0v) is 14.4. The first-order chi connectivity index (χ1) is 12.7. The summed E-state index contributed by atoms with van der Waals surface area (Å²) >= 11 is 0. The second kappa shape index (κ2) is 6.75. The molecular weight excluding hydrogens is 331 g/mol. The van der Waals surface area contributed by atoms with Crippen molar-refractivity contribution in [3.05, 3.63) is 71.8 Å². The van der Waals surface area contributed by atoms with Gasteiger partial charge in [0.1, 0.15) is 18.1 Å². The van der Waals surface area contributed by atoms with Gasteiger partial charge in [0, 0.05) is 11.8 Å². The minimum absolute atomic E-state index is 0.0977. The summed E-state index contributed by atoms with van der Waals surface area (Å²) in [6.45, 7) is 3.74. The van der Waals surface area contributed by atoms with Gasteiger partial charge in [0.05, 0.1) is 17.8 Å². The van der Waals surface area contributed by atoms with E-state index in [0.717, 1.165) is 36.2 Å². The molecule has 0 N–H and O–H groups in total. The molecule has 2 aromatic heterocycles. The minimum Gasteiger partial charge on any atom is -0.461 e. The van der Waals surface area contributed by atoms with Crippen molar-refractivity contribution in [1.82, 2.24) is 9.38 Å². The van der Waals surface area contributed by atoms with Gasteiger partial charge < -0.3 is 9.14 Å². The van der Waals surface area contributed by atoms with Gasteiger partial charge in [0.15, 0.2) is 0 Å². The van der Waals surface area contributed by atoms with Gasteiger partial charge in [0.25, 0.3) is 0 Å². The highest BCUT2D eigenvalue weighted by atomic mass is 19.1. The quantitative estimate of drug-likeness (QED) is 0.518. The molecule has 4 rings (SSSR count). The number of aryl methyl sites for hydroxylation is 2. The molecule has 132 valence electrons. The van der Waals surface area contributed by atoms with Crippen LogP contribution in [0.1, 0.15) is 23.2 Å². The number of hydrogen-bond acceptors (Lipinski definition) is 3. The third-order valence-corrected chi connectivity index (χ3v) is 4.72. The lowest BCUT2D eigenvalue weighted by Gasteiger charge is -2.07. The number of imidazole rings is 1. The van der Waals surface area contributed by atoms with Gasteiger partial charge in [-0.25, -0.2) is 9.37 Å². The van der Waals surface area contributed by atoms with Gasteiger partial charge in [-0.2, -0.15) is 0 Å². The molecule has 0 atom stereocenters. The van der Waals surface area contributed by atoms with Crippen molar-refractivity contribution in [2.45, 2.75) is 25.7 Å². The molecule has 0 bridgehead atoms. The molecule has 1 aliphatic rings. The number of esters is 1. The Morgan fingerprint density at radius 3 is 2.81 bits per heavy atom. The third-order valence-electron chi connectivity index (χ3n) is 4.72. The molecule has 1 aromatic carbocycles. The lowest BCUT2D eigenvalue weighted by molar-refractivity contribution is -0.141. The van der Waals surface area contributed by atoms with Crippen molar-refractivity contribution < 1.29 is 13.9 Å². The molecule has 0 aliphatic heterocycles.